The Morgan fingerprint density at radius 1 is 1.03 bits per heavy atom. The zero-order chi connectivity index (χ0) is 22.9. The first kappa shape index (κ1) is 20.4. The zero-order valence-electron chi connectivity index (χ0n) is 18.0. The van der Waals surface area contributed by atoms with Crippen LogP contribution < -0.4 is 20.8 Å². The van der Waals surface area contributed by atoms with Crippen molar-refractivity contribution in [3.05, 3.63) is 112 Å². The molecule has 1 aliphatic heterocycles. The molecule has 2 N–H and O–H groups in total. The molecule has 3 aromatic carbocycles. The molecule has 5 rings (SSSR count). The zero-order valence-corrected chi connectivity index (χ0v) is 18.0. The molecule has 4 aromatic rings. The number of nitrogens with zero attached hydrogens (tertiary/aromatic N) is 2. The number of para-hydroxylation sites is 3. The van der Waals surface area contributed by atoms with Gasteiger partial charge in [0.15, 0.2) is 0 Å². The summed E-state index contributed by atoms with van der Waals surface area (Å²) in [5.74, 6) is 0.227. The molecule has 0 saturated carbocycles. The fourth-order valence-corrected chi connectivity index (χ4v) is 4.42. The number of hydrogen-bond acceptors (Lipinski definition) is 5. The standard InChI is InChI=1S/C27H21N3O3/c1-2-32-22-15-9-7-13-19(22)23-20(16-28)26(29)33-25-18-12-6-8-14-21(18)30(27(31)24(23)25)17-10-4-3-5-11-17/h3-15,23H,2,29H2,1H3. The van der Waals surface area contributed by atoms with E-state index in [4.69, 9.17) is 15.2 Å². The summed E-state index contributed by atoms with van der Waals surface area (Å²) in [6, 6.07) is 26.5. The van der Waals surface area contributed by atoms with Crippen molar-refractivity contribution < 1.29 is 9.47 Å². The van der Waals surface area contributed by atoms with Crippen LogP contribution in [0.5, 0.6) is 11.5 Å². The van der Waals surface area contributed by atoms with E-state index in [1.54, 1.807) is 4.57 Å². The molecular weight excluding hydrogens is 414 g/mol. The van der Waals surface area contributed by atoms with E-state index < -0.39 is 5.92 Å². The third kappa shape index (κ3) is 3.22. The van der Waals surface area contributed by atoms with Crippen LogP contribution >= 0.6 is 0 Å². The normalized spacial score (nSPS) is 15.0. The van der Waals surface area contributed by atoms with E-state index in [1.165, 1.54) is 0 Å². The van der Waals surface area contributed by atoms with Gasteiger partial charge in [-0.15, -0.1) is 0 Å². The van der Waals surface area contributed by atoms with Gasteiger partial charge in [-0.2, -0.15) is 5.26 Å². The number of allylic oxidation sites excluding steroid dienone is 1. The van der Waals surface area contributed by atoms with Crippen molar-refractivity contribution in [3.8, 4) is 23.3 Å². The van der Waals surface area contributed by atoms with Gasteiger partial charge in [0.1, 0.15) is 23.1 Å². The SMILES string of the molecule is CCOc1ccccc1C1C(C#N)=C(N)Oc2c1c(=O)n(-c1ccccc1)c1ccccc21. The largest absolute Gasteiger partial charge is 0.494 e. The van der Waals surface area contributed by atoms with Crippen molar-refractivity contribution in [2.45, 2.75) is 12.8 Å². The predicted molar refractivity (Wildman–Crippen MR) is 126 cm³/mol. The van der Waals surface area contributed by atoms with Crippen LogP contribution in [0.4, 0.5) is 0 Å². The molecule has 1 aromatic heterocycles. The van der Waals surface area contributed by atoms with Gasteiger partial charge >= 0.3 is 0 Å². The van der Waals surface area contributed by atoms with E-state index in [2.05, 4.69) is 6.07 Å². The highest BCUT2D eigenvalue weighted by molar-refractivity contribution is 5.89. The molecule has 0 saturated heterocycles. The van der Waals surface area contributed by atoms with Gasteiger partial charge in [0, 0.05) is 16.6 Å². The summed E-state index contributed by atoms with van der Waals surface area (Å²) < 4.78 is 13.5. The molecule has 1 unspecified atom stereocenters. The Morgan fingerprint density at radius 2 is 1.73 bits per heavy atom. The highest BCUT2D eigenvalue weighted by Crippen LogP contribution is 2.46. The van der Waals surface area contributed by atoms with Crippen molar-refractivity contribution in [2.24, 2.45) is 5.73 Å². The highest BCUT2D eigenvalue weighted by atomic mass is 16.5. The third-order valence-electron chi connectivity index (χ3n) is 5.79. The van der Waals surface area contributed by atoms with Gasteiger partial charge in [-0.05, 0) is 37.3 Å². The maximum absolute atomic E-state index is 14.1. The van der Waals surface area contributed by atoms with E-state index in [0.29, 0.717) is 34.7 Å². The van der Waals surface area contributed by atoms with E-state index in [9.17, 15) is 10.1 Å². The monoisotopic (exact) mass is 435 g/mol. The van der Waals surface area contributed by atoms with E-state index in [-0.39, 0.29) is 17.0 Å². The van der Waals surface area contributed by atoms with Crippen LogP contribution in [0.25, 0.3) is 16.6 Å². The molecule has 0 fully saturated rings. The summed E-state index contributed by atoms with van der Waals surface area (Å²) in [7, 11) is 0. The first-order chi connectivity index (χ1) is 16.2. The average Bonchev–Trinajstić information content (AvgIpc) is 2.85. The van der Waals surface area contributed by atoms with Crippen LogP contribution in [0.1, 0.15) is 24.0 Å². The maximum atomic E-state index is 14.1. The Bertz CT molecular complexity index is 1500. The number of nitrogens with two attached hydrogens (primary N) is 1. The number of nitriles is 1. The Morgan fingerprint density at radius 3 is 2.48 bits per heavy atom. The summed E-state index contributed by atoms with van der Waals surface area (Å²) in [6.07, 6.45) is 0. The van der Waals surface area contributed by atoms with Gasteiger partial charge in [0.05, 0.1) is 23.6 Å². The lowest BCUT2D eigenvalue weighted by molar-refractivity contribution is 0.334. The fraction of sp³-hybridized carbons (Fsp3) is 0.111. The van der Waals surface area contributed by atoms with Crippen LogP contribution in [0, 0.1) is 11.3 Å². The smallest absolute Gasteiger partial charge is 0.263 e. The fourth-order valence-electron chi connectivity index (χ4n) is 4.42. The predicted octanol–water partition coefficient (Wildman–Crippen LogP) is 4.61. The summed E-state index contributed by atoms with van der Waals surface area (Å²) in [5.41, 5.74) is 8.60. The average molecular weight is 435 g/mol. The van der Waals surface area contributed by atoms with Gasteiger partial charge in [-0.1, -0.05) is 48.5 Å². The lowest BCUT2D eigenvalue weighted by atomic mass is 9.83. The highest BCUT2D eigenvalue weighted by Gasteiger charge is 2.37. The molecule has 1 aliphatic rings. The lowest BCUT2D eigenvalue weighted by Crippen LogP contribution is -2.31. The number of benzene rings is 3. The molecule has 0 radical (unpaired) electrons. The topological polar surface area (TPSA) is 90.3 Å². The molecule has 162 valence electrons. The minimum atomic E-state index is -0.728. The molecule has 0 spiro atoms. The molecule has 33 heavy (non-hydrogen) atoms. The van der Waals surface area contributed by atoms with Crippen molar-refractivity contribution in [1.82, 2.24) is 4.57 Å². The Hall–Kier alpha value is -4.50. The quantitative estimate of drug-likeness (QED) is 0.506. The number of pyridine rings is 1. The van der Waals surface area contributed by atoms with Crippen molar-refractivity contribution in [1.29, 1.82) is 5.26 Å². The number of ether oxygens (including phenoxy) is 2. The molecule has 2 heterocycles. The number of hydrogen-bond donors (Lipinski definition) is 1. The van der Waals surface area contributed by atoms with Crippen LogP contribution in [0.3, 0.4) is 0 Å². The van der Waals surface area contributed by atoms with Crippen LogP contribution in [-0.2, 0) is 0 Å². The van der Waals surface area contributed by atoms with Gasteiger partial charge in [0.25, 0.3) is 5.56 Å². The second-order valence-corrected chi connectivity index (χ2v) is 7.63. The van der Waals surface area contributed by atoms with E-state index >= 15 is 0 Å². The van der Waals surface area contributed by atoms with E-state index in [0.717, 1.165) is 11.1 Å². The van der Waals surface area contributed by atoms with Gasteiger partial charge < -0.3 is 15.2 Å². The number of aromatic nitrogens is 1. The first-order valence-corrected chi connectivity index (χ1v) is 10.7. The van der Waals surface area contributed by atoms with Crippen molar-refractivity contribution in [3.63, 3.8) is 0 Å². The molecule has 1 atom stereocenters. The molecule has 0 bridgehead atoms. The van der Waals surface area contributed by atoms with Gasteiger partial charge in [-0.25, -0.2) is 0 Å². The summed E-state index contributed by atoms with van der Waals surface area (Å²) in [4.78, 5) is 14.1. The summed E-state index contributed by atoms with van der Waals surface area (Å²) >= 11 is 0. The number of rotatable bonds is 4. The number of fused-ring (bicyclic) bond motifs is 3. The van der Waals surface area contributed by atoms with Crippen molar-refractivity contribution in [2.75, 3.05) is 6.61 Å². The summed E-state index contributed by atoms with van der Waals surface area (Å²) in [5, 5.41) is 10.7. The molecule has 6 heteroatoms. The molecule has 6 nitrogen and oxygen atoms in total. The Balaban J connectivity index is 1.92. The Kier molecular flexibility index (Phi) is 5.08. The second-order valence-electron chi connectivity index (χ2n) is 7.63. The second kappa shape index (κ2) is 8.21. The van der Waals surface area contributed by atoms with Gasteiger partial charge in [0.2, 0.25) is 5.88 Å². The van der Waals surface area contributed by atoms with E-state index in [1.807, 2.05) is 85.8 Å². The van der Waals surface area contributed by atoms with Crippen LogP contribution in [0.15, 0.2) is 95.1 Å². The van der Waals surface area contributed by atoms with Crippen molar-refractivity contribution >= 4 is 10.9 Å². The first-order valence-electron chi connectivity index (χ1n) is 10.7. The van der Waals surface area contributed by atoms with Gasteiger partial charge in [-0.3, -0.25) is 9.36 Å². The maximum Gasteiger partial charge on any atom is 0.263 e. The lowest BCUT2D eigenvalue weighted by Gasteiger charge is -2.29. The third-order valence-corrected chi connectivity index (χ3v) is 5.79. The van der Waals surface area contributed by atoms with Crippen LogP contribution in [-0.4, -0.2) is 11.2 Å². The molecule has 0 amide bonds. The Labute approximate surface area is 190 Å². The van der Waals surface area contributed by atoms with Crippen LogP contribution in [0.2, 0.25) is 0 Å². The molecular formula is C27H21N3O3. The summed E-state index contributed by atoms with van der Waals surface area (Å²) in [6.45, 7) is 2.33. The minimum absolute atomic E-state index is 0.0108. The minimum Gasteiger partial charge on any atom is -0.494 e. The molecule has 0 aliphatic carbocycles.